The number of nitrogens with two attached hydrogens (primary N) is 1. The van der Waals surface area contributed by atoms with E-state index in [1.54, 1.807) is 12.1 Å². The Morgan fingerprint density at radius 1 is 1.19 bits per heavy atom. The standard InChI is InChI=1S/C19H11BrCl2N4O/c20-11-3-1-2-9(6-11)15-12(8-23)18(24)27-19-16(15)17(25-26-19)10-4-5-13(21)14(22)7-10/h1-7,15H,24H2,(H,25,26). The quantitative estimate of drug-likeness (QED) is 0.537. The van der Waals surface area contributed by atoms with Crippen molar-refractivity contribution in [3.05, 3.63) is 79.6 Å². The molecule has 0 spiro atoms. The number of benzene rings is 2. The zero-order valence-electron chi connectivity index (χ0n) is 13.6. The maximum Gasteiger partial charge on any atom is 0.244 e. The molecule has 2 aromatic carbocycles. The molecule has 3 N–H and O–H groups in total. The van der Waals surface area contributed by atoms with E-state index >= 15 is 0 Å². The molecule has 5 nitrogen and oxygen atoms in total. The molecule has 0 radical (unpaired) electrons. The number of aromatic amines is 1. The van der Waals surface area contributed by atoms with Gasteiger partial charge in [-0.3, -0.25) is 5.10 Å². The van der Waals surface area contributed by atoms with E-state index in [9.17, 15) is 5.26 Å². The van der Waals surface area contributed by atoms with E-state index < -0.39 is 5.92 Å². The summed E-state index contributed by atoms with van der Waals surface area (Å²) in [5, 5.41) is 17.8. The molecule has 0 bridgehead atoms. The van der Waals surface area contributed by atoms with Crippen LogP contribution < -0.4 is 10.5 Å². The number of nitrogens with one attached hydrogen (secondary N) is 1. The van der Waals surface area contributed by atoms with Crippen LogP contribution in [0.1, 0.15) is 17.0 Å². The number of hydrogen-bond acceptors (Lipinski definition) is 4. The highest BCUT2D eigenvalue weighted by Gasteiger charge is 2.35. The minimum Gasteiger partial charge on any atom is -0.420 e. The molecule has 0 amide bonds. The molecule has 8 heteroatoms. The molecule has 1 aliphatic heterocycles. The topological polar surface area (TPSA) is 87.7 Å². The van der Waals surface area contributed by atoms with Crippen LogP contribution in [0.5, 0.6) is 5.88 Å². The summed E-state index contributed by atoms with van der Waals surface area (Å²) >= 11 is 15.7. The van der Waals surface area contributed by atoms with E-state index in [-0.39, 0.29) is 5.88 Å². The van der Waals surface area contributed by atoms with E-state index in [1.165, 1.54) is 0 Å². The predicted octanol–water partition coefficient (Wildman–Crippen LogP) is 5.36. The fraction of sp³-hybridized carbons (Fsp3) is 0.0526. The fourth-order valence-electron chi connectivity index (χ4n) is 3.14. The second-order valence-electron chi connectivity index (χ2n) is 5.93. The molecule has 0 fully saturated rings. The average molecular weight is 462 g/mol. The minimum atomic E-state index is -0.431. The van der Waals surface area contributed by atoms with Gasteiger partial charge in [0.1, 0.15) is 11.6 Å². The van der Waals surface area contributed by atoms with E-state index in [2.05, 4.69) is 32.2 Å². The number of allylic oxidation sites excluding steroid dienone is 1. The Balaban J connectivity index is 1.96. The number of halogens is 3. The smallest absolute Gasteiger partial charge is 0.244 e. The van der Waals surface area contributed by atoms with Crippen molar-refractivity contribution in [1.82, 2.24) is 10.2 Å². The van der Waals surface area contributed by atoms with Gasteiger partial charge in [0.05, 0.1) is 27.2 Å². The van der Waals surface area contributed by atoms with Crippen LogP contribution in [0.3, 0.4) is 0 Å². The van der Waals surface area contributed by atoms with Crippen LogP contribution in [0.4, 0.5) is 0 Å². The van der Waals surface area contributed by atoms with Crippen molar-refractivity contribution >= 4 is 39.1 Å². The molecule has 1 atom stereocenters. The Kier molecular flexibility index (Phi) is 4.60. The van der Waals surface area contributed by atoms with Crippen LogP contribution in [0.15, 0.2) is 58.4 Å². The number of H-pyrrole nitrogens is 1. The van der Waals surface area contributed by atoms with Crippen LogP contribution in [0.25, 0.3) is 11.3 Å². The second-order valence-corrected chi connectivity index (χ2v) is 7.66. The van der Waals surface area contributed by atoms with Crippen molar-refractivity contribution in [2.24, 2.45) is 5.73 Å². The fourth-order valence-corrected chi connectivity index (χ4v) is 3.85. The van der Waals surface area contributed by atoms with Gasteiger partial charge in [0, 0.05) is 10.0 Å². The molecule has 134 valence electrons. The molecule has 0 aliphatic carbocycles. The normalized spacial score (nSPS) is 15.9. The lowest BCUT2D eigenvalue weighted by Crippen LogP contribution is -2.21. The van der Waals surface area contributed by atoms with Crippen molar-refractivity contribution in [1.29, 1.82) is 5.26 Å². The summed E-state index contributed by atoms with van der Waals surface area (Å²) < 4.78 is 6.49. The highest BCUT2D eigenvalue weighted by Crippen LogP contribution is 2.46. The first-order valence-corrected chi connectivity index (χ1v) is 9.41. The maximum absolute atomic E-state index is 9.72. The van der Waals surface area contributed by atoms with Crippen molar-refractivity contribution in [2.75, 3.05) is 0 Å². The number of rotatable bonds is 2. The van der Waals surface area contributed by atoms with E-state index in [4.69, 9.17) is 33.7 Å². The Morgan fingerprint density at radius 2 is 2.00 bits per heavy atom. The van der Waals surface area contributed by atoms with Crippen molar-refractivity contribution in [3.8, 4) is 23.2 Å². The summed E-state index contributed by atoms with van der Waals surface area (Å²) in [6.07, 6.45) is 0. The molecule has 4 rings (SSSR count). The summed E-state index contributed by atoms with van der Waals surface area (Å²) in [4.78, 5) is 0. The molecule has 1 unspecified atom stereocenters. The number of nitrogens with zero attached hydrogens (tertiary/aromatic N) is 2. The molecule has 1 aliphatic rings. The Hall–Kier alpha value is -2.46. The van der Waals surface area contributed by atoms with Crippen LogP contribution in [0.2, 0.25) is 10.0 Å². The number of fused-ring (bicyclic) bond motifs is 1. The summed E-state index contributed by atoms with van der Waals surface area (Å²) in [5.41, 5.74) is 9.39. The highest BCUT2D eigenvalue weighted by atomic mass is 79.9. The number of aromatic nitrogens is 2. The molecule has 2 heterocycles. The van der Waals surface area contributed by atoms with Gasteiger partial charge in [0.25, 0.3) is 0 Å². The summed E-state index contributed by atoms with van der Waals surface area (Å²) in [6, 6.07) is 15.1. The largest absolute Gasteiger partial charge is 0.420 e. The van der Waals surface area contributed by atoms with E-state index in [0.717, 1.165) is 21.2 Å². The predicted molar refractivity (Wildman–Crippen MR) is 107 cm³/mol. The molecular formula is C19H11BrCl2N4O. The van der Waals surface area contributed by atoms with Crippen LogP contribution >= 0.6 is 39.1 Å². The highest BCUT2D eigenvalue weighted by molar-refractivity contribution is 9.10. The number of hydrogen-bond donors (Lipinski definition) is 2. The molecular weight excluding hydrogens is 451 g/mol. The van der Waals surface area contributed by atoms with Crippen LogP contribution in [-0.4, -0.2) is 10.2 Å². The van der Waals surface area contributed by atoms with Crippen molar-refractivity contribution < 1.29 is 4.74 Å². The lowest BCUT2D eigenvalue weighted by atomic mass is 9.83. The third-order valence-corrected chi connectivity index (χ3v) is 5.56. The third-order valence-electron chi connectivity index (χ3n) is 4.33. The molecule has 1 aromatic heterocycles. The minimum absolute atomic E-state index is 0.0437. The summed E-state index contributed by atoms with van der Waals surface area (Å²) in [6.45, 7) is 0. The molecule has 3 aromatic rings. The molecule has 0 saturated carbocycles. The lowest BCUT2D eigenvalue weighted by Gasteiger charge is -2.24. The first-order valence-electron chi connectivity index (χ1n) is 7.86. The molecule has 27 heavy (non-hydrogen) atoms. The molecule has 0 saturated heterocycles. The Labute approximate surface area is 173 Å². The van der Waals surface area contributed by atoms with Gasteiger partial charge in [-0.2, -0.15) is 5.26 Å². The van der Waals surface area contributed by atoms with Crippen molar-refractivity contribution in [2.45, 2.75) is 5.92 Å². The van der Waals surface area contributed by atoms with Gasteiger partial charge >= 0.3 is 0 Å². The van der Waals surface area contributed by atoms with Gasteiger partial charge in [-0.25, -0.2) is 0 Å². The SMILES string of the molecule is N#CC1=C(N)Oc2n[nH]c(-c3ccc(Cl)c(Cl)c3)c2C1c1cccc(Br)c1. The van der Waals surface area contributed by atoms with Gasteiger partial charge in [0.2, 0.25) is 11.8 Å². The van der Waals surface area contributed by atoms with E-state index in [0.29, 0.717) is 27.2 Å². The van der Waals surface area contributed by atoms with Gasteiger partial charge in [-0.1, -0.05) is 57.3 Å². The number of nitriles is 1. The third kappa shape index (κ3) is 3.08. The zero-order chi connectivity index (χ0) is 19.1. The lowest BCUT2D eigenvalue weighted by molar-refractivity contribution is 0.379. The maximum atomic E-state index is 9.72. The van der Waals surface area contributed by atoms with Gasteiger partial charge in [-0.15, -0.1) is 5.10 Å². The summed E-state index contributed by atoms with van der Waals surface area (Å²) in [5.74, 6) is -0.0563. The van der Waals surface area contributed by atoms with E-state index in [1.807, 2.05) is 30.3 Å². The summed E-state index contributed by atoms with van der Waals surface area (Å²) in [7, 11) is 0. The monoisotopic (exact) mass is 460 g/mol. The van der Waals surface area contributed by atoms with Gasteiger partial charge in [0.15, 0.2) is 0 Å². The van der Waals surface area contributed by atoms with Crippen LogP contribution in [0, 0.1) is 11.3 Å². The first-order chi connectivity index (χ1) is 13.0. The average Bonchev–Trinajstić information content (AvgIpc) is 3.06. The van der Waals surface area contributed by atoms with Gasteiger partial charge < -0.3 is 10.5 Å². The number of ether oxygens (including phenoxy) is 1. The second kappa shape index (κ2) is 6.93. The Bertz CT molecular complexity index is 1130. The first kappa shape index (κ1) is 17.9. The van der Waals surface area contributed by atoms with Crippen LogP contribution in [-0.2, 0) is 0 Å². The van der Waals surface area contributed by atoms with Crippen molar-refractivity contribution in [3.63, 3.8) is 0 Å². The Morgan fingerprint density at radius 3 is 2.70 bits per heavy atom. The van der Waals surface area contributed by atoms with Gasteiger partial charge in [-0.05, 0) is 29.8 Å². The zero-order valence-corrected chi connectivity index (χ0v) is 16.7.